The zero-order valence-electron chi connectivity index (χ0n) is 23.8. The van der Waals surface area contributed by atoms with Crippen LogP contribution in [0.4, 0.5) is 25.1 Å². The van der Waals surface area contributed by atoms with Crippen LogP contribution in [0.5, 0.6) is 23.0 Å². The molecule has 1 saturated heterocycles. The number of morpholine rings is 1. The first-order valence-electron chi connectivity index (χ1n) is 13.3. The van der Waals surface area contributed by atoms with Crippen molar-refractivity contribution >= 4 is 39.7 Å². The van der Waals surface area contributed by atoms with E-state index >= 15 is 0 Å². The van der Waals surface area contributed by atoms with Crippen molar-refractivity contribution in [2.45, 2.75) is 13.1 Å². The van der Waals surface area contributed by atoms with Crippen LogP contribution >= 0.6 is 0 Å². The molecule has 1 fully saturated rings. The molecule has 1 aliphatic heterocycles. The van der Waals surface area contributed by atoms with Crippen molar-refractivity contribution in [2.75, 3.05) is 59.0 Å². The highest BCUT2D eigenvalue weighted by Gasteiger charge is 2.42. The van der Waals surface area contributed by atoms with E-state index in [0.29, 0.717) is 54.4 Å². The molecule has 4 aromatic rings. The second-order valence-corrected chi connectivity index (χ2v) is 9.43. The Kier molecular flexibility index (Phi) is 8.98. The number of carbonyl (C=O) groups is 1. The van der Waals surface area contributed by atoms with Gasteiger partial charge in [-0.2, -0.15) is 13.2 Å². The van der Waals surface area contributed by atoms with Crippen LogP contribution in [0.25, 0.3) is 21.8 Å². The van der Waals surface area contributed by atoms with Crippen LogP contribution in [0.1, 0.15) is 5.69 Å². The minimum Gasteiger partial charge on any atom is -0.493 e. The van der Waals surface area contributed by atoms with Crippen molar-refractivity contribution in [1.29, 1.82) is 0 Å². The Labute approximate surface area is 247 Å². The van der Waals surface area contributed by atoms with Gasteiger partial charge in [0, 0.05) is 31.1 Å². The molecule has 0 amide bonds. The van der Waals surface area contributed by atoms with E-state index in [4.69, 9.17) is 18.9 Å². The highest BCUT2D eigenvalue weighted by atomic mass is 19.4. The van der Waals surface area contributed by atoms with Crippen molar-refractivity contribution in [3.05, 3.63) is 40.3 Å². The van der Waals surface area contributed by atoms with Gasteiger partial charge in [0.2, 0.25) is 11.9 Å². The van der Waals surface area contributed by atoms with Gasteiger partial charge >= 0.3 is 12.1 Å². The number of carbonyl (C=O) groups excluding carboxylic acids is 1. The average molecular weight is 620 g/mol. The Bertz CT molecular complexity index is 1740. The van der Waals surface area contributed by atoms with Crippen LogP contribution in [0, 0.1) is 6.92 Å². The molecule has 0 spiro atoms. The summed E-state index contributed by atoms with van der Waals surface area (Å²) in [7, 11) is 2.99. The Hall–Kier alpha value is -4.74. The molecule has 14 nitrogen and oxygen atoms in total. The number of esters is 1. The Morgan fingerprint density at radius 1 is 1.05 bits per heavy atom. The topological polar surface area (TPSA) is 162 Å². The minimum absolute atomic E-state index is 0.0142. The van der Waals surface area contributed by atoms with Crippen molar-refractivity contribution in [3.8, 4) is 23.0 Å². The standard InChI is InChI=1S/C27H28F3N7O7/c1-14-15-12-19(40-2)20(41-3)13-17(15)34-25(32-14)36-26-33-16-4-5-18(43-9-6-31-37-7-10-42-11-8-37)22(21(16)23(38)35-26)44-24(39)27(28,29)30/h4-5,12-13,31H,6-11H2,1-3H3,(H2,32,33,34,35,36,38). The average Bonchev–Trinajstić information content (AvgIpc) is 2.99. The number of nitrogens with zero attached hydrogens (tertiary/aromatic N) is 4. The third-order valence-electron chi connectivity index (χ3n) is 6.54. The van der Waals surface area contributed by atoms with E-state index in [1.807, 2.05) is 5.01 Å². The molecule has 0 saturated carbocycles. The highest BCUT2D eigenvalue weighted by molar-refractivity contribution is 5.91. The maximum absolute atomic E-state index is 13.2. The van der Waals surface area contributed by atoms with Gasteiger partial charge in [0.05, 0.1) is 44.2 Å². The van der Waals surface area contributed by atoms with Gasteiger partial charge in [-0.1, -0.05) is 0 Å². The van der Waals surface area contributed by atoms with Gasteiger partial charge in [0.15, 0.2) is 23.0 Å². The number of H-pyrrole nitrogens is 1. The molecule has 0 unspecified atom stereocenters. The number of rotatable bonds is 10. The number of methoxy groups -OCH3 is 2. The summed E-state index contributed by atoms with van der Waals surface area (Å²) < 4.78 is 65.6. The zero-order chi connectivity index (χ0) is 31.4. The Balaban J connectivity index is 1.44. The number of hydrogen-bond acceptors (Lipinski definition) is 13. The summed E-state index contributed by atoms with van der Waals surface area (Å²) in [5, 5.41) is 4.99. The van der Waals surface area contributed by atoms with Gasteiger partial charge in [0.1, 0.15) is 12.0 Å². The monoisotopic (exact) mass is 619 g/mol. The maximum atomic E-state index is 13.2. The Morgan fingerprint density at radius 2 is 1.77 bits per heavy atom. The lowest BCUT2D eigenvalue weighted by Gasteiger charge is -2.27. The molecular formula is C27H28F3N7O7. The number of anilines is 2. The molecule has 0 atom stereocenters. The number of fused-ring (bicyclic) bond motifs is 2. The van der Waals surface area contributed by atoms with Gasteiger partial charge in [-0.05, 0) is 25.1 Å². The molecule has 0 bridgehead atoms. The molecule has 234 valence electrons. The predicted octanol–water partition coefficient (Wildman–Crippen LogP) is 2.62. The second kappa shape index (κ2) is 12.9. The van der Waals surface area contributed by atoms with Gasteiger partial charge in [-0.25, -0.2) is 24.8 Å². The lowest BCUT2D eigenvalue weighted by atomic mass is 10.1. The summed E-state index contributed by atoms with van der Waals surface area (Å²) in [6.45, 7) is 4.42. The van der Waals surface area contributed by atoms with E-state index in [0.717, 1.165) is 0 Å². The number of aryl methyl sites for hydroxylation is 1. The summed E-state index contributed by atoms with van der Waals surface area (Å²) in [6, 6.07) is 6.01. The van der Waals surface area contributed by atoms with E-state index in [1.54, 1.807) is 19.1 Å². The third-order valence-corrected chi connectivity index (χ3v) is 6.54. The van der Waals surface area contributed by atoms with Crippen LogP contribution in [0.2, 0.25) is 0 Å². The van der Waals surface area contributed by atoms with E-state index in [1.165, 1.54) is 26.4 Å². The van der Waals surface area contributed by atoms with Crippen LogP contribution in [0.15, 0.2) is 29.1 Å². The fourth-order valence-electron chi connectivity index (χ4n) is 4.47. The fraction of sp³-hybridized carbons (Fsp3) is 0.370. The van der Waals surface area contributed by atoms with Gasteiger partial charge in [-0.15, -0.1) is 0 Å². The molecule has 17 heteroatoms. The summed E-state index contributed by atoms with van der Waals surface area (Å²) in [5.41, 5.74) is 3.21. The number of halogens is 3. The summed E-state index contributed by atoms with van der Waals surface area (Å²) in [5.74, 6) is -2.58. The van der Waals surface area contributed by atoms with E-state index in [-0.39, 0.29) is 36.3 Å². The first-order chi connectivity index (χ1) is 21.1. The smallest absolute Gasteiger partial charge is 0.491 e. The number of hydrogen-bond donors (Lipinski definition) is 3. The summed E-state index contributed by atoms with van der Waals surface area (Å²) in [4.78, 5) is 40.6. The molecule has 0 radical (unpaired) electrons. The number of hydrazine groups is 1. The number of ether oxygens (including phenoxy) is 5. The van der Waals surface area contributed by atoms with Gasteiger partial charge in [-0.3, -0.25) is 20.5 Å². The van der Waals surface area contributed by atoms with E-state index in [2.05, 4.69) is 35.4 Å². The molecule has 1 aliphatic rings. The van der Waals surface area contributed by atoms with E-state index < -0.39 is 28.8 Å². The van der Waals surface area contributed by atoms with Crippen molar-refractivity contribution in [2.24, 2.45) is 0 Å². The largest absolute Gasteiger partial charge is 0.493 e. The lowest BCUT2D eigenvalue weighted by molar-refractivity contribution is -0.189. The van der Waals surface area contributed by atoms with Crippen LogP contribution in [-0.2, 0) is 9.53 Å². The van der Waals surface area contributed by atoms with Gasteiger partial charge in [0.25, 0.3) is 5.56 Å². The van der Waals surface area contributed by atoms with Crippen molar-refractivity contribution in [3.63, 3.8) is 0 Å². The van der Waals surface area contributed by atoms with E-state index in [9.17, 15) is 22.8 Å². The summed E-state index contributed by atoms with van der Waals surface area (Å²) >= 11 is 0. The molecule has 3 heterocycles. The zero-order valence-corrected chi connectivity index (χ0v) is 23.8. The molecular weight excluding hydrogens is 591 g/mol. The van der Waals surface area contributed by atoms with Crippen molar-refractivity contribution < 1.29 is 41.7 Å². The van der Waals surface area contributed by atoms with Crippen LogP contribution in [-0.4, -0.2) is 90.8 Å². The first-order valence-corrected chi connectivity index (χ1v) is 13.3. The number of aromatic nitrogens is 4. The SMILES string of the molecule is COc1cc2nc(Nc3nc4ccc(OCCNN5CCOCC5)c(OC(=O)C(F)(F)F)c4c(=O)[nH]3)nc(C)c2cc1OC. The quantitative estimate of drug-likeness (QED) is 0.135. The number of alkyl halides is 3. The highest BCUT2D eigenvalue weighted by Crippen LogP contribution is 2.36. The fourth-order valence-corrected chi connectivity index (χ4v) is 4.47. The van der Waals surface area contributed by atoms with Gasteiger partial charge < -0.3 is 23.7 Å². The van der Waals surface area contributed by atoms with Crippen LogP contribution < -0.4 is 35.2 Å². The lowest BCUT2D eigenvalue weighted by Crippen LogP contribution is -2.47. The third kappa shape index (κ3) is 6.74. The molecule has 0 aliphatic carbocycles. The molecule has 3 N–H and O–H groups in total. The van der Waals surface area contributed by atoms with Crippen LogP contribution in [0.3, 0.4) is 0 Å². The minimum atomic E-state index is -5.32. The van der Waals surface area contributed by atoms with Crippen molar-refractivity contribution in [1.82, 2.24) is 30.4 Å². The second-order valence-electron chi connectivity index (χ2n) is 9.43. The number of benzene rings is 2. The normalized spacial score (nSPS) is 14.0. The maximum Gasteiger partial charge on any atom is 0.491 e. The Morgan fingerprint density at radius 3 is 2.48 bits per heavy atom. The molecule has 44 heavy (non-hydrogen) atoms. The number of nitrogens with one attached hydrogen (secondary N) is 3. The molecule has 2 aromatic heterocycles. The molecule has 5 rings (SSSR count). The summed E-state index contributed by atoms with van der Waals surface area (Å²) in [6.07, 6.45) is -5.32. The predicted molar refractivity (Wildman–Crippen MR) is 151 cm³/mol. The molecule has 2 aromatic carbocycles. The number of aromatic amines is 1. The first kappa shape index (κ1) is 30.7.